The van der Waals surface area contributed by atoms with Crippen molar-refractivity contribution in [2.45, 2.75) is 64.6 Å². The lowest BCUT2D eigenvalue weighted by atomic mass is 9.75. The Morgan fingerprint density at radius 1 is 1.14 bits per heavy atom. The van der Waals surface area contributed by atoms with Crippen molar-refractivity contribution in [3.63, 3.8) is 0 Å². The monoisotopic (exact) mass is 486 g/mol. The molecule has 1 amide bonds. The Morgan fingerprint density at radius 3 is 2.34 bits per heavy atom. The van der Waals surface area contributed by atoms with Gasteiger partial charge in [0.15, 0.2) is 0 Å². The predicted molar refractivity (Wildman–Crippen MR) is 128 cm³/mol. The Morgan fingerprint density at radius 2 is 1.80 bits per heavy atom. The Kier molecular flexibility index (Phi) is 8.30. The third kappa shape index (κ3) is 5.55. The molecule has 35 heavy (non-hydrogen) atoms. The van der Waals surface area contributed by atoms with Crippen molar-refractivity contribution in [2.75, 3.05) is 7.11 Å². The molecule has 2 fully saturated rings. The molecule has 0 aromatic heterocycles. The summed E-state index contributed by atoms with van der Waals surface area (Å²) in [5, 5.41) is 11.1. The zero-order valence-corrected chi connectivity index (χ0v) is 20.7. The molecule has 3 rings (SSSR count). The standard InChI is InChI=1S/C26H34N2O7/c1-6-23(29)27-21(26(31)34-5)14-20(24(27)17-8-10-18(11-9-17)28(32)33)25(30)35-22-13-16(4)7-12-19(22)15(2)3/h6,8-11,15-16,19-22,24H,1,7,12-14H2,2-5H3/t16-,19+,20+,21+,22-,24+/m1/s1. The first kappa shape index (κ1) is 26.4. The molecule has 2 aliphatic rings. The van der Waals surface area contributed by atoms with Gasteiger partial charge in [-0.3, -0.25) is 19.7 Å². The molecule has 1 saturated carbocycles. The van der Waals surface area contributed by atoms with Crippen LogP contribution in [0.15, 0.2) is 36.9 Å². The van der Waals surface area contributed by atoms with E-state index in [9.17, 15) is 24.5 Å². The number of benzene rings is 1. The average molecular weight is 487 g/mol. The van der Waals surface area contributed by atoms with E-state index in [1.54, 1.807) is 0 Å². The van der Waals surface area contributed by atoms with Crippen LogP contribution in [0.4, 0.5) is 5.69 Å². The Balaban J connectivity index is 1.99. The minimum absolute atomic E-state index is 0.0291. The van der Waals surface area contributed by atoms with E-state index >= 15 is 0 Å². The summed E-state index contributed by atoms with van der Waals surface area (Å²) in [7, 11) is 1.22. The van der Waals surface area contributed by atoms with Gasteiger partial charge in [-0.2, -0.15) is 0 Å². The third-order valence-electron chi connectivity index (χ3n) is 7.37. The van der Waals surface area contributed by atoms with Gasteiger partial charge in [-0.15, -0.1) is 0 Å². The minimum atomic E-state index is -1.01. The van der Waals surface area contributed by atoms with Gasteiger partial charge >= 0.3 is 11.9 Å². The van der Waals surface area contributed by atoms with Crippen molar-refractivity contribution < 1.29 is 28.8 Å². The minimum Gasteiger partial charge on any atom is -0.467 e. The first-order valence-corrected chi connectivity index (χ1v) is 12.1. The number of carbonyl (C=O) groups excluding carboxylic acids is 3. The molecule has 1 heterocycles. The highest BCUT2D eigenvalue weighted by Gasteiger charge is 2.52. The van der Waals surface area contributed by atoms with Crippen molar-refractivity contribution in [3.8, 4) is 0 Å². The number of nitro groups is 1. The van der Waals surface area contributed by atoms with Gasteiger partial charge in [0.1, 0.15) is 12.1 Å². The molecule has 0 N–H and O–H groups in total. The number of carbonyl (C=O) groups is 3. The Labute approximate surface area is 205 Å². The molecule has 1 aromatic carbocycles. The van der Waals surface area contributed by atoms with E-state index in [0.717, 1.165) is 25.3 Å². The van der Waals surface area contributed by atoms with E-state index in [2.05, 4.69) is 27.4 Å². The average Bonchev–Trinajstić information content (AvgIpc) is 3.23. The predicted octanol–water partition coefficient (Wildman–Crippen LogP) is 4.22. The van der Waals surface area contributed by atoms with Crippen LogP contribution in [0, 0.1) is 33.8 Å². The van der Waals surface area contributed by atoms with Gasteiger partial charge in [0.25, 0.3) is 5.69 Å². The van der Waals surface area contributed by atoms with E-state index < -0.39 is 40.8 Å². The molecule has 9 nitrogen and oxygen atoms in total. The number of esters is 2. The lowest BCUT2D eigenvalue weighted by Crippen LogP contribution is -2.42. The fraction of sp³-hybridized carbons (Fsp3) is 0.577. The molecular formula is C26H34N2O7. The van der Waals surface area contributed by atoms with Gasteiger partial charge in [0.2, 0.25) is 5.91 Å². The highest BCUT2D eigenvalue weighted by molar-refractivity contribution is 5.93. The number of amides is 1. The number of ether oxygens (including phenoxy) is 2. The summed E-state index contributed by atoms with van der Waals surface area (Å²) in [5.74, 6) is -1.49. The first-order chi connectivity index (χ1) is 16.6. The molecular weight excluding hydrogens is 452 g/mol. The summed E-state index contributed by atoms with van der Waals surface area (Å²) in [4.78, 5) is 51.0. The molecule has 0 spiro atoms. The quantitative estimate of drug-likeness (QED) is 0.245. The van der Waals surface area contributed by atoms with Gasteiger partial charge in [-0.1, -0.05) is 45.9 Å². The summed E-state index contributed by atoms with van der Waals surface area (Å²) < 4.78 is 11.0. The van der Waals surface area contributed by atoms with Crippen molar-refractivity contribution in [2.24, 2.45) is 23.7 Å². The largest absolute Gasteiger partial charge is 0.467 e. The van der Waals surface area contributed by atoms with Crippen LogP contribution in [0.5, 0.6) is 0 Å². The van der Waals surface area contributed by atoms with Crippen LogP contribution >= 0.6 is 0 Å². The number of hydrogen-bond donors (Lipinski definition) is 0. The fourth-order valence-electron chi connectivity index (χ4n) is 5.51. The molecule has 6 atom stereocenters. The van der Waals surface area contributed by atoms with Crippen molar-refractivity contribution >= 4 is 23.5 Å². The van der Waals surface area contributed by atoms with E-state index in [1.165, 1.54) is 36.3 Å². The zero-order valence-electron chi connectivity index (χ0n) is 20.7. The maximum absolute atomic E-state index is 13.6. The summed E-state index contributed by atoms with van der Waals surface area (Å²) in [5.41, 5.74) is 0.379. The lowest BCUT2D eigenvalue weighted by molar-refractivity contribution is -0.384. The third-order valence-corrected chi connectivity index (χ3v) is 7.37. The van der Waals surface area contributed by atoms with Gasteiger partial charge < -0.3 is 14.4 Å². The number of hydrogen-bond acceptors (Lipinski definition) is 7. The first-order valence-electron chi connectivity index (χ1n) is 12.1. The maximum Gasteiger partial charge on any atom is 0.328 e. The highest BCUT2D eigenvalue weighted by atomic mass is 16.6. The number of methoxy groups -OCH3 is 1. The summed E-state index contributed by atoms with van der Waals surface area (Å²) in [6, 6.07) is 3.79. The van der Waals surface area contributed by atoms with Gasteiger partial charge in [-0.25, -0.2) is 4.79 Å². The second-order valence-electron chi connectivity index (χ2n) is 9.93. The normalized spacial score (nSPS) is 28.4. The van der Waals surface area contributed by atoms with Crippen molar-refractivity contribution in [3.05, 3.63) is 52.6 Å². The van der Waals surface area contributed by atoms with Gasteiger partial charge in [-0.05, 0) is 48.7 Å². The van der Waals surface area contributed by atoms with E-state index in [0.29, 0.717) is 17.4 Å². The van der Waals surface area contributed by atoms with E-state index in [-0.39, 0.29) is 24.1 Å². The number of likely N-dealkylation sites (tertiary alicyclic amines) is 1. The SMILES string of the molecule is C=CC(=O)N1[C@H](C(=O)OC)C[C@H](C(=O)O[C@@H]2C[C@H](C)CC[C@H]2C(C)C)[C@@H]1c1ccc([N+](=O)[O-])cc1. The molecule has 0 bridgehead atoms. The van der Waals surface area contributed by atoms with Crippen LogP contribution in [0.2, 0.25) is 0 Å². The van der Waals surface area contributed by atoms with Crippen LogP contribution < -0.4 is 0 Å². The molecule has 1 aliphatic carbocycles. The van der Waals surface area contributed by atoms with Crippen LogP contribution in [0.1, 0.15) is 58.1 Å². The van der Waals surface area contributed by atoms with Crippen LogP contribution in [0.3, 0.4) is 0 Å². The Hall–Kier alpha value is -3.23. The smallest absolute Gasteiger partial charge is 0.328 e. The van der Waals surface area contributed by atoms with Crippen molar-refractivity contribution in [1.29, 1.82) is 0 Å². The molecule has 0 unspecified atom stereocenters. The summed E-state index contributed by atoms with van der Waals surface area (Å²) >= 11 is 0. The van der Waals surface area contributed by atoms with Crippen LogP contribution in [0.25, 0.3) is 0 Å². The zero-order chi connectivity index (χ0) is 25.9. The van der Waals surface area contributed by atoms with Gasteiger partial charge in [0, 0.05) is 12.1 Å². The fourth-order valence-corrected chi connectivity index (χ4v) is 5.51. The van der Waals surface area contributed by atoms with Crippen molar-refractivity contribution in [1.82, 2.24) is 4.90 Å². The molecule has 9 heteroatoms. The molecule has 1 aromatic rings. The number of nitrogens with zero attached hydrogens (tertiary/aromatic N) is 2. The molecule has 0 radical (unpaired) electrons. The lowest BCUT2D eigenvalue weighted by Gasteiger charge is -2.37. The van der Waals surface area contributed by atoms with Crippen LogP contribution in [-0.4, -0.2) is 46.9 Å². The van der Waals surface area contributed by atoms with Crippen LogP contribution in [-0.2, 0) is 23.9 Å². The second-order valence-corrected chi connectivity index (χ2v) is 9.93. The van der Waals surface area contributed by atoms with Gasteiger partial charge in [0.05, 0.1) is 24.0 Å². The molecule has 1 aliphatic heterocycles. The number of rotatable bonds is 7. The Bertz CT molecular complexity index is 974. The topological polar surface area (TPSA) is 116 Å². The summed E-state index contributed by atoms with van der Waals surface area (Å²) in [6.07, 6.45) is 3.68. The maximum atomic E-state index is 13.6. The highest BCUT2D eigenvalue weighted by Crippen LogP contribution is 2.44. The summed E-state index contributed by atoms with van der Waals surface area (Å²) in [6.45, 7) is 9.92. The van der Waals surface area contributed by atoms with E-state index in [1.807, 2.05) is 0 Å². The number of non-ortho nitro benzene ring substituents is 1. The van der Waals surface area contributed by atoms with E-state index in [4.69, 9.17) is 9.47 Å². The number of nitro benzene ring substituents is 1. The molecule has 190 valence electrons. The molecule has 1 saturated heterocycles. The second kappa shape index (κ2) is 11.0.